The lowest BCUT2D eigenvalue weighted by molar-refractivity contribution is 0.164. The van der Waals surface area contributed by atoms with Crippen molar-refractivity contribution in [3.05, 3.63) is 51.8 Å². The maximum Gasteiger partial charge on any atom is 0.131 e. The summed E-state index contributed by atoms with van der Waals surface area (Å²) in [4.78, 5) is 0. The molecule has 1 atom stereocenters. The van der Waals surface area contributed by atoms with Gasteiger partial charge in [-0.1, -0.05) is 31.5 Å². The molecular weight excluding hydrogens is 324 g/mol. The molecule has 2 rings (SSSR count). The van der Waals surface area contributed by atoms with Gasteiger partial charge in [0, 0.05) is 25.7 Å². The maximum atomic E-state index is 13.6. The molecule has 0 aliphatic heterocycles. The molecule has 1 aromatic carbocycles. The second-order valence-electron chi connectivity index (χ2n) is 5.71. The van der Waals surface area contributed by atoms with Crippen molar-refractivity contribution in [1.82, 2.24) is 15.1 Å². The third kappa shape index (κ3) is 3.88. The van der Waals surface area contributed by atoms with E-state index in [0.717, 1.165) is 23.4 Å². The summed E-state index contributed by atoms with van der Waals surface area (Å²) < 4.78 is 28.8. The number of aryl methyl sites for hydroxylation is 1. The van der Waals surface area contributed by atoms with E-state index < -0.39 is 17.7 Å². The minimum absolute atomic E-state index is 0.000607. The van der Waals surface area contributed by atoms with Crippen LogP contribution in [0.1, 0.15) is 42.7 Å². The Kier molecular flexibility index (Phi) is 5.73. The van der Waals surface area contributed by atoms with Gasteiger partial charge in [0.2, 0.25) is 0 Å². The smallest absolute Gasteiger partial charge is 0.131 e. The van der Waals surface area contributed by atoms with E-state index in [0.29, 0.717) is 11.7 Å². The van der Waals surface area contributed by atoms with Gasteiger partial charge in [-0.3, -0.25) is 4.68 Å². The number of aromatic nitrogens is 2. The summed E-state index contributed by atoms with van der Waals surface area (Å²) in [6, 6.07) is 3.51. The Morgan fingerprint density at radius 1 is 1.30 bits per heavy atom. The fraction of sp³-hybridized carbons (Fsp3) is 0.438. The van der Waals surface area contributed by atoms with E-state index in [-0.39, 0.29) is 18.0 Å². The summed E-state index contributed by atoms with van der Waals surface area (Å²) in [5, 5.41) is 17.9. The molecule has 1 heterocycles. The lowest BCUT2D eigenvalue weighted by atomic mass is 10.1. The molecule has 1 unspecified atom stereocenters. The summed E-state index contributed by atoms with van der Waals surface area (Å²) in [7, 11) is 1.75. The molecule has 2 N–H and O–H groups in total. The molecule has 0 radical (unpaired) electrons. The van der Waals surface area contributed by atoms with E-state index in [1.807, 2.05) is 13.8 Å². The zero-order valence-electron chi connectivity index (χ0n) is 13.3. The quantitative estimate of drug-likeness (QED) is 0.846. The van der Waals surface area contributed by atoms with Crippen molar-refractivity contribution in [2.45, 2.75) is 32.4 Å². The highest BCUT2D eigenvalue weighted by Gasteiger charge is 2.20. The number of aliphatic hydroxyl groups is 1. The van der Waals surface area contributed by atoms with Crippen molar-refractivity contribution >= 4 is 11.6 Å². The van der Waals surface area contributed by atoms with Crippen LogP contribution in [0.25, 0.3) is 0 Å². The fourth-order valence-corrected chi connectivity index (χ4v) is 2.66. The number of nitrogens with one attached hydrogen (secondary N) is 1. The van der Waals surface area contributed by atoms with Crippen LogP contribution in [0.4, 0.5) is 8.78 Å². The first-order valence-electron chi connectivity index (χ1n) is 7.36. The Morgan fingerprint density at radius 2 is 1.91 bits per heavy atom. The second kappa shape index (κ2) is 7.38. The summed E-state index contributed by atoms with van der Waals surface area (Å²) in [5.41, 5.74) is 1.35. The zero-order chi connectivity index (χ0) is 17.1. The highest BCUT2D eigenvalue weighted by Crippen LogP contribution is 2.25. The largest absolute Gasteiger partial charge is 0.387 e. The van der Waals surface area contributed by atoms with Crippen molar-refractivity contribution in [2.75, 3.05) is 6.54 Å². The molecule has 1 aromatic heterocycles. The normalized spacial score (nSPS) is 12.9. The molecular formula is C16H20ClF2N3O. The van der Waals surface area contributed by atoms with Gasteiger partial charge >= 0.3 is 0 Å². The highest BCUT2D eigenvalue weighted by molar-refractivity contribution is 6.30. The SMILES string of the molecule is CC(C)c1nn(C)c(Cl)c1CNCC(O)c1c(F)cccc1F. The second-order valence-corrected chi connectivity index (χ2v) is 6.07. The summed E-state index contributed by atoms with van der Waals surface area (Å²) in [6.07, 6.45) is -1.28. The topological polar surface area (TPSA) is 50.1 Å². The molecule has 0 bridgehead atoms. The van der Waals surface area contributed by atoms with Gasteiger partial charge < -0.3 is 10.4 Å². The van der Waals surface area contributed by atoms with Crippen LogP contribution in [0.15, 0.2) is 18.2 Å². The Balaban J connectivity index is 2.06. The molecule has 0 amide bonds. The first kappa shape index (κ1) is 17.8. The van der Waals surface area contributed by atoms with Crippen LogP contribution in [-0.2, 0) is 13.6 Å². The van der Waals surface area contributed by atoms with Crippen molar-refractivity contribution in [1.29, 1.82) is 0 Å². The van der Waals surface area contributed by atoms with Crippen LogP contribution in [0.2, 0.25) is 5.15 Å². The monoisotopic (exact) mass is 343 g/mol. The van der Waals surface area contributed by atoms with Crippen LogP contribution in [0, 0.1) is 11.6 Å². The Bertz CT molecular complexity index is 668. The van der Waals surface area contributed by atoms with E-state index in [1.54, 1.807) is 11.7 Å². The first-order chi connectivity index (χ1) is 10.8. The molecule has 0 fully saturated rings. The fourth-order valence-electron chi connectivity index (χ4n) is 2.46. The summed E-state index contributed by atoms with van der Waals surface area (Å²) in [5.74, 6) is -1.33. The minimum atomic E-state index is -1.28. The van der Waals surface area contributed by atoms with Gasteiger partial charge in [0.15, 0.2) is 0 Å². The predicted molar refractivity (Wildman–Crippen MR) is 85.3 cm³/mol. The molecule has 0 aliphatic rings. The van der Waals surface area contributed by atoms with Gasteiger partial charge in [-0.05, 0) is 18.1 Å². The molecule has 0 spiro atoms. The van der Waals surface area contributed by atoms with Gasteiger partial charge in [0.05, 0.1) is 17.4 Å². The van der Waals surface area contributed by atoms with Gasteiger partial charge in [0.1, 0.15) is 16.8 Å². The van der Waals surface area contributed by atoms with Crippen LogP contribution in [0.5, 0.6) is 0 Å². The number of hydrogen-bond donors (Lipinski definition) is 2. The number of hydrogen-bond acceptors (Lipinski definition) is 3. The Hall–Kier alpha value is -1.50. The molecule has 0 aliphatic carbocycles. The average Bonchev–Trinajstić information content (AvgIpc) is 2.75. The van der Waals surface area contributed by atoms with E-state index in [9.17, 15) is 13.9 Å². The molecule has 0 saturated carbocycles. The number of benzene rings is 1. The molecule has 2 aromatic rings. The molecule has 0 saturated heterocycles. The van der Waals surface area contributed by atoms with E-state index in [2.05, 4.69) is 10.4 Å². The molecule has 4 nitrogen and oxygen atoms in total. The van der Waals surface area contributed by atoms with Crippen LogP contribution in [-0.4, -0.2) is 21.4 Å². The first-order valence-corrected chi connectivity index (χ1v) is 7.74. The predicted octanol–water partition coefficient (Wildman–Crippen LogP) is 3.30. The van der Waals surface area contributed by atoms with Gasteiger partial charge in [0.25, 0.3) is 0 Å². The summed E-state index contributed by atoms with van der Waals surface area (Å²) >= 11 is 6.22. The summed E-state index contributed by atoms with van der Waals surface area (Å²) in [6.45, 7) is 4.37. The van der Waals surface area contributed by atoms with Crippen LogP contribution >= 0.6 is 11.6 Å². The third-order valence-corrected chi connectivity index (χ3v) is 4.09. The van der Waals surface area contributed by atoms with Crippen LogP contribution < -0.4 is 5.32 Å². The lowest BCUT2D eigenvalue weighted by Crippen LogP contribution is -2.23. The van der Waals surface area contributed by atoms with Crippen LogP contribution in [0.3, 0.4) is 0 Å². The Labute approximate surface area is 139 Å². The Morgan fingerprint density at radius 3 is 2.48 bits per heavy atom. The van der Waals surface area contributed by atoms with E-state index in [4.69, 9.17) is 11.6 Å². The number of halogens is 3. The average molecular weight is 344 g/mol. The van der Waals surface area contributed by atoms with Crippen molar-refractivity contribution in [3.8, 4) is 0 Å². The number of aliphatic hydroxyl groups excluding tert-OH is 1. The molecule has 7 heteroatoms. The highest BCUT2D eigenvalue weighted by atomic mass is 35.5. The van der Waals surface area contributed by atoms with Gasteiger partial charge in [-0.2, -0.15) is 5.10 Å². The molecule has 23 heavy (non-hydrogen) atoms. The van der Waals surface area contributed by atoms with Crippen molar-refractivity contribution < 1.29 is 13.9 Å². The number of rotatable bonds is 6. The standard InChI is InChI=1S/C16H20ClF2N3O/c1-9(2)15-10(16(17)22(3)21-15)7-20-8-13(23)14-11(18)5-4-6-12(14)19/h4-6,9,13,20,23H,7-8H2,1-3H3. The van der Waals surface area contributed by atoms with Crippen molar-refractivity contribution in [3.63, 3.8) is 0 Å². The van der Waals surface area contributed by atoms with Gasteiger partial charge in [-0.15, -0.1) is 0 Å². The van der Waals surface area contributed by atoms with Crippen molar-refractivity contribution in [2.24, 2.45) is 7.05 Å². The van der Waals surface area contributed by atoms with Gasteiger partial charge in [-0.25, -0.2) is 8.78 Å². The van der Waals surface area contributed by atoms with E-state index in [1.165, 1.54) is 6.07 Å². The third-order valence-electron chi connectivity index (χ3n) is 3.62. The maximum absolute atomic E-state index is 13.6. The molecule has 126 valence electrons. The minimum Gasteiger partial charge on any atom is -0.387 e. The number of nitrogens with zero attached hydrogens (tertiary/aromatic N) is 2. The zero-order valence-corrected chi connectivity index (χ0v) is 14.0. The lowest BCUT2D eigenvalue weighted by Gasteiger charge is -2.14. The van der Waals surface area contributed by atoms with E-state index >= 15 is 0 Å².